The minimum atomic E-state index is -0.149. The van der Waals surface area contributed by atoms with E-state index in [0.29, 0.717) is 34.6 Å². The van der Waals surface area contributed by atoms with Crippen LogP contribution in [0.1, 0.15) is 41.6 Å². The molecule has 6 nitrogen and oxygen atoms in total. The van der Waals surface area contributed by atoms with Gasteiger partial charge in [0.2, 0.25) is 0 Å². The smallest absolute Gasteiger partial charge is 0.262 e. The first-order valence-electron chi connectivity index (χ1n) is 10.5. The Labute approximate surface area is 185 Å². The second-order valence-corrected chi connectivity index (χ2v) is 8.66. The van der Waals surface area contributed by atoms with Crippen molar-refractivity contribution in [2.45, 2.75) is 49.8 Å². The topological polar surface area (TPSA) is 87.8 Å². The summed E-state index contributed by atoms with van der Waals surface area (Å²) in [5, 5.41) is 13.1. The van der Waals surface area contributed by atoms with Crippen LogP contribution in [0.3, 0.4) is 0 Å². The molecule has 1 heterocycles. The number of amides is 1. The molecule has 1 amide bonds. The minimum Gasteiger partial charge on any atom is -0.349 e. The van der Waals surface area contributed by atoms with Crippen LogP contribution >= 0.6 is 11.8 Å². The monoisotopic (exact) mass is 432 g/mol. The molecule has 0 atom stereocenters. The van der Waals surface area contributed by atoms with E-state index in [0.717, 1.165) is 31.2 Å². The second-order valence-electron chi connectivity index (χ2n) is 7.72. The lowest BCUT2D eigenvalue weighted by molar-refractivity contribution is 0.0938. The van der Waals surface area contributed by atoms with Crippen molar-refractivity contribution < 1.29 is 4.79 Å². The number of rotatable bonds is 7. The summed E-state index contributed by atoms with van der Waals surface area (Å²) in [7, 11) is 0. The third-order valence-corrected chi connectivity index (χ3v) is 6.45. The largest absolute Gasteiger partial charge is 0.349 e. The number of fused-ring (bicyclic) bond motifs is 1. The van der Waals surface area contributed by atoms with Crippen molar-refractivity contribution in [3.63, 3.8) is 0 Å². The van der Waals surface area contributed by atoms with Gasteiger partial charge in [-0.05, 0) is 43.0 Å². The van der Waals surface area contributed by atoms with Gasteiger partial charge in [-0.15, -0.1) is 0 Å². The Morgan fingerprint density at radius 2 is 1.97 bits per heavy atom. The summed E-state index contributed by atoms with van der Waals surface area (Å²) in [4.78, 5) is 30.5. The number of aryl methyl sites for hydroxylation is 1. The zero-order chi connectivity index (χ0) is 21.6. The number of nitrogens with one attached hydrogen (secondary N) is 1. The molecule has 0 unspecified atom stereocenters. The Bertz CT molecular complexity index is 1180. The maximum Gasteiger partial charge on any atom is 0.262 e. The van der Waals surface area contributed by atoms with Gasteiger partial charge < -0.3 is 5.32 Å². The summed E-state index contributed by atoms with van der Waals surface area (Å²) in [6.45, 7) is 0.476. The predicted molar refractivity (Wildman–Crippen MR) is 122 cm³/mol. The third-order valence-electron chi connectivity index (χ3n) is 5.61. The van der Waals surface area contributed by atoms with E-state index < -0.39 is 0 Å². The molecule has 1 aliphatic rings. The van der Waals surface area contributed by atoms with E-state index in [-0.39, 0.29) is 23.3 Å². The van der Waals surface area contributed by atoms with Gasteiger partial charge in [-0.1, -0.05) is 54.9 Å². The fourth-order valence-corrected chi connectivity index (χ4v) is 4.66. The first-order chi connectivity index (χ1) is 15.2. The van der Waals surface area contributed by atoms with Crippen LogP contribution in [0.15, 0.2) is 58.5 Å². The number of hydrogen-bond donors (Lipinski definition) is 1. The Balaban J connectivity index is 1.65. The van der Waals surface area contributed by atoms with Crippen LogP contribution in [-0.2, 0) is 13.0 Å². The van der Waals surface area contributed by atoms with Crippen LogP contribution in [0.4, 0.5) is 0 Å². The first-order valence-corrected chi connectivity index (χ1v) is 11.5. The Hall–Kier alpha value is -3.11. The maximum absolute atomic E-state index is 13.2. The average Bonchev–Trinajstić information content (AvgIpc) is 3.30. The molecule has 158 valence electrons. The lowest BCUT2D eigenvalue weighted by Crippen LogP contribution is -2.32. The molecule has 0 spiro atoms. The maximum atomic E-state index is 13.2. The zero-order valence-electron chi connectivity index (χ0n) is 17.2. The van der Waals surface area contributed by atoms with Crippen molar-refractivity contribution in [1.29, 1.82) is 5.26 Å². The van der Waals surface area contributed by atoms with E-state index in [1.807, 2.05) is 30.3 Å². The molecule has 3 aromatic rings. The quantitative estimate of drug-likeness (QED) is 0.451. The van der Waals surface area contributed by atoms with E-state index in [1.54, 1.807) is 22.8 Å². The molecule has 0 radical (unpaired) electrons. The third kappa shape index (κ3) is 4.97. The van der Waals surface area contributed by atoms with Gasteiger partial charge in [0, 0.05) is 18.2 Å². The van der Waals surface area contributed by atoms with E-state index in [9.17, 15) is 9.59 Å². The Kier molecular flexibility index (Phi) is 6.68. The van der Waals surface area contributed by atoms with Gasteiger partial charge in [-0.25, -0.2) is 4.98 Å². The fraction of sp³-hybridized carbons (Fsp3) is 0.333. The van der Waals surface area contributed by atoms with Crippen molar-refractivity contribution in [3.05, 3.63) is 70.0 Å². The highest BCUT2D eigenvalue weighted by Crippen LogP contribution is 2.21. The number of hydrogen-bond acceptors (Lipinski definition) is 5. The van der Waals surface area contributed by atoms with Crippen LogP contribution in [0.5, 0.6) is 0 Å². The molecule has 1 saturated carbocycles. The number of carbonyl (C=O) groups excluding carboxylic acids is 1. The molecule has 7 heteroatoms. The highest BCUT2D eigenvalue weighted by Gasteiger charge is 2.19. The Morgan fingerprint density at radius 1 is 1.19 bits per heavy atom. The molecular formula is C24H24N4O2S. The van der Waals surface area contributed by atoms with Crippen LogP contribution in [0, 0.1) is 11.3 Å². The van der Waals surface area contributed by atoms with E-state index in [1.165, 1.54) is 11.8 Å². The molecule has 1 aromatic heterocycles. The summed E-state index contributed by atoms with van der Waals surface area (Å²) in [6, 6.07) is 17.3. The number of thioether (sulfide) groups is 1. The summed E-state index contributed by atoms with van der Waals surface area (Å²) in [5.74, 6) is 0.0700. The molecular weight excluding hydrogens is 408 g/mol. The number of nitrogens with zero attached hydrogens (tertiary/aromatic N) is 3. The van der Waals surface area contributed by atoms with E-state index in [2.05, 4.69) is 16.4 Å². The van der Waals surface area contributed by atoms with Crippen LogP contribution in [-0.4, -0.2) is 27.3 Å². The number of aromatic nitrogens is 2. The second kappa shape index (κ2) is 9.80. The summed E-state index contributed by atoms with van der Waals surface area (Å²) in [5.41, 5.74) is 1.97. The highest BCUT2D eigenvalue weighted by atomic mass is 32.2. The summed E-state index contributed by atoms with van der Waals surface area (Å²) in [6.07, 6.45) is 5.01. The van der Waals surface area contributed by atoms with Gasteiger partial charge in [0.05, 0.1) is 22.7 Å². The van der Waals surface area contributed by atoms with Crippen LogP contribution in [0.25, 0.3) is 10.9 Å². The van der Waals surface area contributed by atoms with Crippen LogP contribution in [0.2, 0.25) is 0 Å². The van der Waals surface area contributed by atoms with Gasteiger partial charge in [0.1, 0.15) is 0 Å². The minimum absolute atomic E-state index is 0.130. The van der Waals surface area contributed by atoms with Gasteiger partial charge >= 0.3 is 0 Å². The Morgan fingerprint density at radius 3 is 2.71 bits per heavy atom. The normalized spacial score (nSPS) is 13.9. The lowest BCUT2D eigenvalue weighted by atomic mass is 10.1. The summed E-state index contributed by atoms with van der Waals surface area (Å²) < 4.78 is 1.63. The summed E-state index contributed by atoms with van der Waals surface area (Å²) >= 11 is 1.24. The average molecular weight is 433 g/mol. The van der Waals surface area contributed by atoms with Crippen molar-refractivity contribution in [2.75, 3.05) is 5.75 Å². The van der Waals surface area contributed by atoms with Crippen LogP contribution < -0.4 is 10.9 Å². The first kappa shape index (κ1) is 21.1. The lowest BCUT2D eigenvalue weighted by Gasteiger charge is -2.14. The van der Waals surface area contributed by atoms with E-state index >= 15 is 0 Å². The molecule has 1 N–H and O–H groups in total. The molecule has 0 aliphatic heterocycles. The molecule has 0 saturated heterocycles. The number of nitriles is 1. The van der Waals surface area contributed by atoms with Crippen molar-refractivity contribution >= 4 is 28.6 Å². The number of benzene rings is 2. The number of carbonyl (C=O) groups is 1. The van der Waals surface area contributed by atoms with Crippen molar-refractivity contribution in [1.82, 2.24) is 14.9 Å². The van der Waals surface area contributed by atoms with Gasteiger partial charge in [-0.3, -0.25) is 14.2 Å². The zero-order valence-corrected chi connectivity index (χ0v) is 18.0. The molecule has 4 rings (SSSR count). The van der Waals surface area contributed by atoms with Gasteiger partial charge in [-0.2, -0.15) is 5.26 Å². The molecule has 2 aromatic carbocycles. The molecule has 0 bridgehead atoms. The van der Waals surface area contributed by atoms with E-state index in [4.69, 9.17) is 5.26 Å². The standard InChI is InChI=1S/C24H24N4O2S/c25-13-15-31-24-27-21-16-18(22(29)26-19-8-4-5-9-19)10-11-20(21)23(30)28(24)14-12-17-6-2-1-3-7-17/h1-3,6-7,10-11,16,19H,4-5,8-9,12,14-15H2,(H,26,29). The van der Waals surface area contributed by atoms with Crippen molar-refractivity contribution in [3.8, 4) is 6.07 Å². The fourth-order valence-electron chi connectivity index (χ4n) is 3.97. The molecule has 31 heavy (non-hydrogen) atoms. The predicted octanol–water partition coefficient (Wildman–Crippen LogP) is 3.93. The molecule has 1 aliphatic carbocycles. The van der Waals surface area contributed by atoms with Gasteiger partial charge in [0.15, 0.2) is 5.16 Å². The van der Waals surface area contributed by atoms with Gasteiger partial charge in [0.25, 0.3) is 11.5 Å². The SMILES string of the molecule is N#CCSc1nc2cc(C(=O)NC3CCCC3)ccc2c(=O)n1CCc1ccccc1. The molecule has 1 fully saturated rings. The van der Waals surface area contributed by atoms with Crippen molar-refractivity contribution in [2.24, 2.45) is 0 Å². The highest BCUT2D eigenvalue weighted by molar-refractivity contribution is 7.99.